The molecule has 4 rings (SSSR count). The lowest BCUT2D eigenvalue weighted by molar-refractivity contribution is -0.115. The summed E-state index contributed by atoms with van der Waals surface area (Å²) in [5.41, 5.74) is 2.24. The Kier molecular flexibility index (Phi) is 4.65. The number of anilines is 1. The number of benzene rings is 2. The third-order valence-electron chi connectivity index (χ3n) is 4.79. The zero-order valence-corrected chi connectivity index (χ0v) is 15.8. The molecule has 2 heterocycles. The third kappa shape index (κ3) is 3.26. The van der Waals surface area contributed by atoms with Crippen LogP contribution in [0.15, 0.2) is 53.3 Å². The molecule has 1 N–H and O–H groups in total. The van der Waals surface area contributed by atoms with Crippen molar-refractivity contribution in [1.82, 2.24) is 9.36 Å². The van der Waals surface area contributed by atoms with Gasteiger partial charge in [-0.3, -0.25) is 14.3 Å². The number of nitrogens with one attached hydrogen (secondary N) is 1. The predicted octanol–water partition coefficient (Wildman–Crippen LogP) is 2.44. The first kappa shape index (κ1) is 17.9. The van der Waals surface area contributed by atoms with Gasteiger partial charge in [0.2, 0.25) is 5.91 Å². The van der Waals surface area contributed by atoms with E-state index >= 15 is 0 Å². The van der Waals surface area contributed by atoms with Crippen molar-refractivity contribution >= 4 is 11.6 Å². The van der Waals surface area contributed by atoms with Gasteiger partial charge in [-0.15, -0.1) is 0 Å². The molecule has 144 valence electrons. The van der Waals surface area contributed by atoms with Gasteiger partial charge in [-0.2, -0.15) is 0 Å². The monoisotopic (exact) mass is 379 g/mol. The molecule has 1 aliphatic heterocycles. The minimum absolute atomic E-state index is 0.135. The van der Waals surface area contributed by atoms with Gasteiger partial charge < -0.3 is 14.8 Å². The number of fused-ring (bicyclic) bond motifs is 1. The molecule has 1 aromatic heterocycles. The minimum atomic E-state index is -0.262. The first-order valence-corrected chi connectivity index (χ1v) is 9.07. The molecule has 0 spiro atoms. The van der Waals surface area contributed by atoms with Crippen molar-refractivity contribution in [3.8, 4) is 17.2 Å². The lowest BCUT2D eigenvalue weighted by Crippen LogP contribution is -2.23. The van der Waals surface area contributed by atoms with Gasteiger partial charge in [0.1, 0.15) is 18.9 Å². The van der Waals surface area contributed by atoms with Crippen LogP contribution in [0.2, 0.25) is 0 Å². The van der Waals surface area contributed by atoms with Crippen molar-refractivity contribution in [1.29, 1.82) is 0 Å². The molecule has 0 saturated heterocycles. The van der Waals surface area contributed by atoms with Crippen LogP contribution in [0.1, 0.15) is 11.3 Å². The number of amides is 1. The Morgan fingerprint density at radius 3 is 2.54 bits per heavy atom. The number of ether oxygens (including phenoxy) is 2. The Bertz CT molecular complexity index is 1080. The molecule has 7 nitrogen and oxygen atoms in total. The number of aromatic nitrogens is 2. The Morgan fingerprint density at radius 2 is 1.79 bits per heavy atom. The van der Waals surface area contributed by atoms with Crippen molar-refractivity contribution in [2.75, 3.05) is 18.5 Å². The van der Waals surface area contributed by atoms with Crippen LogP contribution in [-0.2, 0) is 18.3 Å². The smallest absolute Gasteiger partial charge is 0.295 e. The second-order valence-electron chi connectivity index (χ2n) is 6.64. The summed E-state index contributed by atoms with van der Waals surface area (Å²) in [6.07, 6.45) is 0.135. The molecule has 7 heteroatoms. The highest BCUT2D eigenvalue weighted by atomic mass is 16.6. The average Bonchev–Trinajstić information content (AvgIpc) is 2.92. The summed E-state index contributed by atoms with van der Waals surface area (Å²) in [4.78, 5) is 25.5. The molecule has 0 aliphatic carbocycles. The number of hydrogen-bond donors (Lipinski definition) is 1. The number of rotatable bonds is 4. The van der Waals surface area contributed by atoms with Crippen molar-refractivity contribution in [3.63, 3.8) is 0 Å². The highest BCUT2D eigenvalue weighted by Crippen LogP contribution is 2.30. The molecule has 0 radical (unpaired) electrons. The van der Waals surface area contributed by atoms with Gasteiger partial charge in [-0.25, -0.2) is 4.68 Å². The van der Waals surface area contributed by atoms with Crippen LogP contribution < -0.4 is 20.3 Å². The van der Waals surface area contributed by atoms with Gasteiger partial charge in [-0.05, 0) is 36.8 Å². The van der Waals surface area contributed by atoms with Gasteiger partial charge in [0, 0.05) is 7.05 Å². The lowest BCUT2D eigenvalue weighted by Gasteiger charge is -2.18. The van der Waals surface area contributed by atoms with Gasteiger partial charge in [0.15, 0.2) is 11.5 Å². The van der Waals surface area contributed by atoms with Crippen LogP contribution in [0.3, 0.4) is 0 Å². The average molecular weight is 379 g/mol. The Labute approximate surface area is 162 Å². The summed E-state index contributed by atoms with van der Waals surface area (Å²) in [5.74, 6) is 1.06. The molecule has 1 amide bonds. The maximum absolute atomic E-state index is 12.9. The number of carbonyl (C=O) groups excluding carboxylic acids is 1. The molecule has 0 unspecified atom stereocenters. The topological polar surface area (TPSA) is 74.5 Å². The molecular weight excluding hydrogens is 358 g/mol. The van der Waals surface area contributed by atoms with E-state index < -0.39 is 0 Å². The summed E-state index contributed by atoms with van der Waals surface area (Å²) in [6, 6.07) is 14.7. The maximum Gasteiger partial charge on any atom is 0.295 e. The zero-order chi connectivity index (χ0) is 19.7. The van der Waals surface area contributed by atoms with Crippen LogP contribution >= 0.6 is 0 Å². The normalized spacial score (nSPS) is 12.6. The maximum atomic E-state index is 12.9. The van der Waals surface area contributed by atoms with Crippen LogP contribution in [-0.4, -0.2) is 28.5 Å². The number of hydrogen-bond acceptors (Lipinski definition) is 4. The van der Waals surface area contributed by atoms with Crippen molar-refractivity contribution < 1.29 is 14.3 Å². The summed E-state index contributed by atoms with van der Waals surface area (Å²) in [5, 5.41) is 2.77. The molecule has 0 fully saturated rings. The highest BCUT2D eigenvalue weighted by Gasteiger charge is 2.19. The second-order valence-corrected chi connectivity index (χ2v) is 6.64. The predicted molar refractivity (Wildman–Crippen MR) is 106 cm³/mol. The third-order valence-corrected chi connectivity index (χ3v) is 4.79. The largest absolute Gasteiger partial charge is 0.486 e. The Hall–Kier alpha value is -3.48. The fourth-order valence-corrected chi connectivity index (χ4v) is 3.28. The summed E-state index contributed by atoms with van der Waals surface area (Å²) in [6.45, 7) is 2.82. The van der Waals surface area contributed by atoms with Crippen molar-refractivity contribution in [3.05, 3.63) is 70.1 Å². The Morgan fingerprint density at radius 1 is 1.07 bits per heavy atom. The van der Waals surface area contributed by atoms with E-state index in [0.717, 1.165) is 11.3 Å². The van der Waals surface area contributed by atoms with E-state index in [1.54, 1.807) is 30.8 Å². The Balaban J connectivity index is 1.56. The molecule has 1 aliphatic rings. The van der Waals surface area contributed by atoms with Gasteiger partial charge in [0.25, 0.3) is 5.56 Å². The van der Waals surface area contributed by atoms with E-state index in [9.17, 15) is 9.59 Å². The number of para-hydroxylation sites is 1. The van der Waals surface area contributed by atoms with E-state index in [1.807, 2.05) is 36.4 Å². The molecule has 3 aromatic rings. The van der Waals surface area contributed by atoms with Crippen LogP contribution in [0.25, 0.3) is 5.69 Å². The van der Waals surface area contributed by atoms with E-state index in [-0.39, 0.29) is 23.6 Å². The standard InChI is InChI=1S/C21H21N3O4/c1-14-20(21(26)24(23(14)2)16-6-4-3-5-7-16)22-19(25)13-15-8-9-17-18(12-15)28-11-10-27-17/h3-9,12H,10-11,13H2,1-2H3,(H,22,25). The van der Waals surface area contributed by atoms with E-state index in [0.29, 0.717) is 30.4 Å². The fraction of sp³-hybridized carbons (Fsp3) is 0.238. The highest BCUT2D eigenvalue weighted by molar-refractivity contribution is 5.92. The van der Waals surface area contributed by atoms with Crippen molar-refractivity contribution in [2.24, 2.45) is 7.05 Å². The second kappa shape index (κ2) is 7.26. The summed E-state index contributed by atoms with van der Waals surface area (Å²) in [7, 11) is 1.79. The first-order valence-electron chi connectivity index (χ1n) is 9.07. The van der Waals surface area contributed by atoms with E-state index in [1.165, 1.54) is 4.68 Å². The zero-order valence-electron chi connectivity index (χ0n) is 15.8. The fourth-order valence-electron chi connectivity index (χ4n) is 3.28. The summed E-state index contributed by atoms with van der Waals surface area (Å²) < 4.78 is 14.3. The molecular formula is C21H21N3O4. The SMILES string of the molecule is Cc1c(NC(=O)Cc2ccc3c(c2)OCCO3)c(=O)n(-c2ccccc2)n1C. The first-order chi connectivity index (χ1) is 13.5. The van der Waals surface area contributed by atoms with Crippen molar-refractivity contribution in [2.45, 2.75) is 13.3 Å². The summed E-state index contributed by atoms with van der Waals surface area (Å²) >= 11 is 0. The van der Waals surface area contributed by atoms with E-state index in [4.69, 9.17) is 9.47 Å². The molecule has 28 heavy (non-hydrogen) atoms. The molecule has 0 saturated carbocycles. The lowest BCUT2D eigenvalue weighted by atomic mass is 10.1. The van der Waals surface area contributed by atoms with Crippen LogP contribution in [0, 0.1) is 6.92 Å². The molecule has 2 aromatic carbocycles. The van der Waals surface area contributed by atoms with Gasteiger partial charge in [0.05, 0.1) is 17.8 Å². The minimum Gasteiger partial charge on any atom is -0.486 e. The van der Waals surface area contributed by atoms with Crippen LogP contribution in [0.5, 0.6) is 11.5 Å². The molecule has 0 atom stereocenters. The quantitative estimate of drug-likeness (QED) is 0.756. The number of nitrogens with zero attached hydrogens (tertiary/aromatic N) is 2. The van der Waals surface area contributed by atoms with E-state index in [2.05, 4.69) is 5.32 Å². The molecule has 0 bridgehead atoms. The van der Waals surface area contributed by atoms with Gasteiger partial charge in [-0.1, -0.05) is 24.3 Å². The van der Waals surface area contributed by atoms with Gasteiger partial charge >= 0.3 is 0 Å². The van der Waals surface area contributed by atoms with Crippen LogP contribution in [0.4, 0.5) is 5.69 Å². The number of carbonyl (C=O) groups is 1.